The van der Waals surface area contributed by atoms with E-state index in [1.54, 1.807) is 6.92 Å². The third kappa shape index (κ3) is 5.98. The van der Waals surface area contributed by atoms with E-state index >= 15 is 0 Å². The molecule has 0 aromatic carbocycles. The molecule has 1 atom stereocenters. The average molecular weight is 174 g/mol. The van der Waals surface area contributed by atoms with Crippen LogP contribution in [-0.2, 0) is 4.79 Å². The quantitative estimate of drug-likeness (QED) is 0.495. The molecule has 2 nitrogen and oxygen atoms in total. The van der Waals surface area contributed by atoms with Crippen molar-refractivity contribution in [3.8, 4) is 0 Å². The van der Waals surface area contributed by atoms with Gasteiger partial charge >= 0.3 is 5.97 Å². The number of hydrogen-bond donors (Lipinski definition) is 1. The SMILES string of the molecule is C=CCCCSC(C)C(=O)O. The minimum Gasteiger partial charge on any atom is -0.480 e. The average Bonchev–Trinajstić information content (AvgIpc) is 1.97. The standard InChI is InChI=1S/C8H14O2S/c1-3-4-5-6-11-7(2)8(9)10/h3,7H,1,4-6H2,2H3,(H,9,10). The lowest BCUT2D eigenvalue weighted by Crippen LogP contribution is -2.11. The van der Waals surface area contributed by atoms with E-state index in [2.05, 4.69) is 6.58 Å². The van der Waals surface area contributed by atoms with Crippen LogP contribution in [0.25, 0.3) is 0 Å². The van der Waals surface area contributed by atoms with Crippen molar-refractivity contribution in [3.05, 3.63) is 12.7 Å². The van der Waals surface area contributed by atoms with E-state index in [1.807, 2.05) is 6.08 Å². The van der Waals surface area contributed by atoms with E-state index < -0.39 is 5.97 Å². The molecule has 0 saturated carbocycles. The summed E-state index contributed by atoms with van der Waals surface area (Å²) in [6.07, 6.45) is 3.84. The summed E-state index contributed by atoms with van der Waals surface area (Å²) in [6, 6.07) is 0. The summed E-state index contributed by atoms with van der Waals surface area (Å²) in [5.41, 5.74) is 0. The van der Waals surface area contributed by atoms with Crippen LogP contribution in [0.1, 0.15) is 19.8 Å². The number of unbranched alkanes of at least 4 members (excludes halogenated alkanes) is 1. The van der Waals surface area contributed by atoms with Crippen LogP contribution < -0.4 is 0 Å². The molecule has 64 valence electrons. The van der Waals surface area contributed by atoms with E-state index in [-0.39, 0.29) is 5.25 Å². The van der Waals surface area contributed by atoms with Crippen molar-refractivity contribution in [2.24, 2.45) is 0 Å². The zero-order valence-corrected chi connectivity index (χ0v) is 7.56. The van der Waals surface area contributed by atoms with Gasteiger partial charge in [0, 0.05) is 0 Å². The molecule has 0 amide bonds. The van der Waals surface area contributed by atoms with E-state index in [0.29, 0.717) is 0 Å². The van der Waals surface area contributed by atoms with Crippen LogP contribution in [0.2, 0.25) is 0 Å². The maximum absolute atomic E-state index is 10.3. The smallest absolute Gasteiger partial charge is 0.316 e. The molecule has 0 spiro atoms. The Morgan fingerprint density at radius 2 is 2.45 bits per heavy atom. The molecule has 1 unspecified atom stereocenters. The number of carboxylic acids is 1. The number of rotatable bonds is 6. The summed E-state index contributed by atoms with van der Waals surface area (Å²) < 4.78 is 0. The van der Waals surface area contributed by atoms with Crippen LogP contribution in [0.3, 0.4) is 0 Å². The maximum Gasteiger partial charge on any atom is 0.316 e. The fraction of sp³-hybridized carbons (Fsp3) is 0.625. The van der Waals surface area contributed by atoms with Crippen molar-refractivity contribution in [1.82, 2.24) is 0 Å². The van der Waals surface area contributed by atoms with E-state index in [1.165, 1.54) is 11.8 Å². The first-order valence-electron chi connectivity index (χ1n) is 3.63. The van der Waals surface area contributed by atoms with Crippen molar-refractivity contribution < 1.29 is 9.90 Å². The summed E-state index contributed by atoms with van der Waals surface area (Å²) in [5.74, 6) is 0.174. The van der Waals surface area contributed by atoms with Gasteiger partial charge in [-0.3, -0.25) is 4.79 Å². The van der Waals surface area contributed by atoms with Gasteiger partial charge in [-0.05, 0) is 25.5 Å². The van der Waals surface area contributed by atoms with Crippen molar-refractivity contribution >= 4 is 17.7 Å². The predicted molar refractivity (Wildman–Crippen MR) is 49.0 cm³/mol. The van der Waals surface area contributed by atoms with Crippen molar-refractivity contribution in [1.29, 1.82) is 0 Å². The van der Waals surface area contributed by atoms with Gasteiger partial charge in [-0.15, -0.1) is 18.3 Å². The first-order valence-corrected chi connectivity index (χ1v) is 4.68. The summed E-state index contributed by atoms with van der Waals surface area (Å²) >= 11 is 1.48. The number of aliphatic carboxylic acids is 1. The van der Waals surface area contributed by atoms with Gasteiger partial charge in [-0.2, -0.15) is 0 Å². The maximum atomic E-state index is 10.3. The molecule has 11 heavy (non-hydrogen) atoms. The molecule has 3 heteroatoms. The second-order valence-corrected chi connectivity index (χ2v) is 3.73. The van der Waals surface area contributed by atoms with Crippen LogP contribution >= 0.6 is 11.8 Å². The molecule has 0 bridgehead atoms. The lowest BCUT2D eigenvalue weighted by Gasteiger charge is -2.03. The Bertz CT molecular complexity index is 134. The van der Waals surface area contributed by atoms with Gasteiger partial charge in [0.15, 0.2) is 0 Å². The van der Waals surface area contributed by atoms with Crippen molar-refractivity contribution in [3.63, 3.8) is 0 Å². The van der Waals surface area contributed by atoms with Crippen LogP contribution in [0.4, 0.5) is 0 Å². The molecular formula is C8H14O2S. The lowest BCUT2D eigenvalue weighted by molar-refractivity contribution is -0.136. The second-order valence-electron chi connectivity index (χ2n) is 2.28. The van der Waals surface area contributed by atoms with Gasteiger partial charge in [0.1, 0.15) is 0 Å². The highest BCUT2D eigenvalue weighted by atomic mass is 32.2. The minimum atomic E-state index is -0.728. The lowest BCUT2D eigenvalue weighted by atomic mass is 10.3. The summed E-state index contributed by atoms with van der Waals surface area (Å²) in [7, 11) is 0. The second kappa shape index (κ2) is 6.28. The van der Waals surface area contributed by atoms with Crippen LogP contribution in [0, 0.1) is 0 Å². The predicted octanol–water partition coefficient (Wildman–Crippen LogP) is 2.16. The summed E-state index contributed by atoms with van der Waals surface area (Å²) in [6.45, 7) is 5.30. The number of carboxylic acid groups (broad SMARTS) is 1. The van der Waals surface area contributed by atoms with E-state index in [4.69, 9.17) is 5.11 Å². The highest BCUT2D eigenvalue weighted by molar-refractivity contribution is 8.00. The molecule has 0 heterocycles. The summed E-state index contributed by atoms with van der Waals surface area (Å²) in [5, 5.41) is 8.22. The molecule has 0 aliphatic rings. The molecule has 0 rings (SSSR count). The molecule has 0 fully saturated rings. The van der Waals surface area contributed by atoms with Crippen LogP contribution in [-0.4, -0.2) is 22.1 Å². The van der Waals surface area contributed by atoms with Gasteiger partial charge in [-0.1, -0.05) is 6.08 Å². The summed E-state index contributed by atoms with van der Waals surface area (Å²) in [4.78, 5) is 10.3. The number of carbonyl (C=O) groups is 1. The fourth-order valence-corrected chi connectivity index (χ4v) is 1.39. The Labute approximate surface area is 71.7 Å². The monoisotopic (exact) mass is 174 g/mol. The normalized spacial score (nSPS) is 12.5. The van der Waals surface area contributed by atoms with Crippen LogP contribution in [0.5, 0.6) is 0 Å². The Hall–Kier alpha value is -0.440. The number of hydrogen-bond acceptors (Lipinski definition) is 2. The zero-order valence-electron chi connectivity index (χ0n) is 6.75. The number of thioether (sulfide) groups is 1. The van der Waals surface area contributed by atoms with Gasteiger partial charge in [0.05, 0.1) is 5.25 Å². The van der Waals surface area contributed by atoms with E-state index in [0.717, 1.165) is 18.6 Å². The van der Waals surface area contributed by atoms with Gasteiger partial charge in [0.25, 0.3) is 0 Å². The molecule has 0 radical (unpaired) electrons. The van der Waals surface area contributed by atoms with Crippen molar-refractivity contribution in [2.75, 3.05) is 5.75 Å². The molecule has 0 aromatic heterocycles. The van der Waals surface area contributed by atoms with Gasteiger partial charge in [-0.25, -0.2) is 0 Å². The zero-order chi connectivity index (χ0) is 8.69. The third-order valence-corrected chi connectivity index (χ3v) is 2.49. The Balaban J connectivity index is 3.24. The largest absolute Gasteiger partial charge is 0.480 e. The van der Waals surface area contributed by atoms with E-state index in [9.17, 15) is 4.79 Å². The first kappa shape index (κ1) is 10.6. The third-order valence-electron chi connectivity index (χ3n) is 1.27. The molecule has 0 aromatic rings. The topological polar surface area (TPSA) is 37.3 Å². The van der Waals surface area contributed by atoms with Gasteiger partial charge in [0.2, 0.25) is 0 Å². The van der Waals surface area contributed by atoms with Crippen molar-refractivity contribution in [2.45, 2.75) is 25.0 Å². The molecular weight excluding hydrogens is 160 g/mol. The molecule has 0 aliphatic heterocycles. The minimum absolute atomic E-state index is 0.278. The fourth-order valence-electron chi connectivity index (χ4n) is 0.559. The molecule has 0 saturated heterocycles. The number of allylic oxidation sites excluding steroid dienone is 1. The van der Waals surface area contributed by atoms with Crippen LogP contribution in [0.15, 0.2) is 12.7 Å². The molecule has 1 N–H and O–H groups in total. The van der Waals surface area contributed by atoms with Gasteiger partial charge < -0.3 is 5.11 Å². The molecule has 0 aliphatic carbocycles. The highest BCUT2D eigenvalue weighted by Crippen LogP contribution is 2.12. The highest BCUT2D eigenvalue weighted by Gasteiger charge is 2.09. The Morgan fingerprint density at radius 1 is 1.82 bits per heavy atom. The Kier molecular flexibility index (Phi) is 6.03. The first-order chi connectivity index (χ1) is 5.18. The Morgan fingerprint density at radius 3 is 2.91 bits per heavy atom.